The van der Waals surface area contributed by atoms with E-state index in [1.165, 1.54) is 30.4 Å². The fourth-order valence-corrected chi connectivity index (χ4v) is 4.07. The third-order valence-electron chi connectivity index (χ3n) is 3.93. The van der Waals surface area contributed by atoms with Crippen molar-refractivity contribution in [3.8, 4) is 0 Å². The Labute approximate surface area is 123 Å². The number of aryl methyl sites for hydroxylation is 2. The minimum absolute atomic E-state index is 0.0761. The van der Waals surface area contributed by atoms with Crippen LogP contribution in [0.4, 0.5) is 0 Å². The minimum atomic E-state index is 0.0761. The second-order valence-corrected chi connectivity index (χ2v) is 6.57. The first-order valence-corrected chi connectivity index (χ1v) is 8.14. The number of pyridine rings is 1. The lowest BCUT2D eigenvalue weighted by Gasteiger charge is -2.25. The van der Waals surface area contributed by atoms with E-state index >= 15 is 0 Å². The fraction of sp³-hybridized carbons (Fsp3) is 0.353. The molecule has 0 radical (unpaired) electrons. The summed E-state index contributed by atoms with van der Waals surface area (Å²) < 4.78 is 1.62. The van der Waals surface area contributed by atoms with Crippen molar-refractivity contribution in [3.63, 3.8) is 0 Å². The average Bonchev–Trinajstić information content (AvgIpc) is 2.48. The first-order chi connectivity index (χ1) is 9.74. The average molecular weight is 285 g/mol. The van der Waals surface area contributed by atoms with Crippen LogP contribution in [0.5, 0.6) is 0 Å². The molecular weight excluding hydrogens is 266 g/mol. The maximum absolute atomic E-state index is 11.6. The maximum atomic E-state index is 11.6. The third-order valence-corrected chi connectivity index (χ3v) is 5.33. The second-order valence-electron chi connectivity index (χ2n) is 5.37. The van der Waals surface area contributed by atoms with Gasteiger partial charge in [-0.1, -0.05) is 24.3 Å². The number of fused-ring (bicyclic) bond motifs is 1. The lowest BCUT2D eigenvalue weighted by Crippen LogP contribution is -2.15. The molecule has 1 atom stereocenters. The van der Waals surface area contributed by atoms with Crippen LogP contribution in [0.15, 0.2) is 47.4 Å². The largest absolute Gasteiger partial charge is 0.319 e. The van der Waals surface area contributed by atoms with Crippen LogP contribution >= 0.6 is 11.8 Å². The Balaban J connectivity index is 1.73. The van der Waals surface area contributed by atoms with Crippen molar-refractivity contribution in [2.45, 2.75) is 30.3 Å². The summed E-state index contributed by atoms with van der Waals surface area (Å²) in [5.74, 6) is 0.912. The molecule has 1 aromatic carbocycles. The van der Waals surface area contributed by atoms with Crippen LogP contribution in [0.2, 0.25) is 0 Å². The highest BCUT2D eigenvalue weighted by Gasteiger charge is 2.19. The molecule has 2 nitrogen and oxygen atoms in total. The Morgan fingerprint density at radius 1 is 1.30 bits per heavy atom. The molecule has 0 saturated carbocycles. The molecule has 0 N–H and O–H groups in total. The number of hydrogen-bond acceptors (Lipinski definition) is 2. The zero-order valence-electron chi connectivity index (χ0n) is 11.7. The van der Waals surface area contributed by atoms with E-state index in [0.29, 0.717) is 5.25 Å². The lowest BCUT2D eigenvalue weighted by atomic mass is 9.91. The maximum Gasteiger partial charge on any atom is 0.250 e. The van der Waals surface area contributed by atoms with E-state index in [1.54, 1.807) is 17.7 Å². The zero-order chi connectivity index (χ0) is 13.9. The Morgan fingerprint density at radius 2 is 2.15 bits per heavy atom. The van der Waals surface area contributed by atoms with Crippen molar-refractivity contribution >= 4 is 11.8 Å². The van der Waals surface area contributed by atoms with Crippen molar-refractivity contribution in [1.82, 2.24) is 4.57 Å². The monoisotopic (exact) mass is 285 g/mol. The first kappa shape index (κ1) is 13.5. The van der Waals surface area contributed by atoms with Gasteiger partial charge in [0.25, 0.3) is 5.56 Å². The molecular formula is C17H19NOS. The van der Waals surface area contributed by atoms with Crippen molar-refractivity contribution < 1.29 is 0 Å². The van der Waals surface area contributed by atoms with Crippen LogP contribution in [0.3, 0.4) is 0 Å². The highest BCUT2D eigenvalue weighted by atomic mass is 32.2. The molecule has 0 bridgehead atoms. The van der Waals surface area contributed by atoms with Crippen LogP contribution in [-0.4, -0.2) is 4.57 Å². The van der Waals surface area contributed by atoms with Gasteiger partial charge in [0.2, 0.25) is 0 Å². The Kier molecular flexibility index (Phi) is 3.97. The van der Waals surface area contributed by atoms with Crippen molar-refractivity contribution in [3.05, 3.63) is 69.6 Å². The summed E-state index contributed by atoms with van der Waals surface area (Å²) in [5, 5.41) is 0.573. The van der Waals surface area contributed by atoms with Gasteiger partial charge in [0.1, 0.15) is 0 Å². The summed E-state index contributed by atoms with van der Waals surface area (Å²) in [6.45, 7) is 0. The third kappa shape index (κ3) is 2.83. The summed E-state index contributed by atoms with van der Waals surface area (Å²) in [4.78, 5) is 11.6. The highest BCUT2D eigenvalue weighted by molar-refractivity contribution is 7.98. The molecule has 20 heavy (non-hydrogen) atoms. The molecule has 0 aliphatic heterocycles. The molecule has 0 saturated heterocycles. The number of nitrogens with zero attached hydrogens (tertiary/aromatic N) is 1. The zero-order valence-corrected chi connectivity index (χ0v) is 12.5. The van der Waals surface area contributed by atoms with Crippen molar-refractivity contribution in [2.75, 3.05) is 0 Å². The Morgan fingerprint density at radius 3 is 3.00 bits per heavy atom. The molecule has 1 aliphatic rings. The molecule has 104 valence electrons. The summed E-state index contributed by atoms with van der Waals surface area (Å²) in [6, 6.07) is 12.6. The molecule has 2 aromatic rings. The van der Waals surface area contributed by atoms with Gasteiger partial charge < -0.3 is 4.57 Å². The van der Waals surface area contributed by atoms with Crippen LogP contribution in [-0.2, 0) is 19.2 Å². The van der Waals surface area contributed by atoms with E-state index in [1.807, 2.05) is 24.0 Å². The number of hydrogen-bond donors (Lipinski definition) is 0. The number of thioether (sulfide) groups is 1. The molecule has 1 aliphatic carbocycles. The van der Waals surface area contributed by atoms with Crippen LogP contribution < -0.4 is 5.56 Å². The van der Waals surface area contributed by atoms with Gasteiger partial charge in [-0.2, -0.15) is 0 Å². The smallest absolute Gasteiger partial charge is 0.250 e. The molecule has 3 rings (SSSR count). The molecule has 1 aromatic heterocycles. The van der Waals surface area contributed by atoms with E-state index in [2.05, 4.69) is 24.3 Å². The molecule has 0 spiro atoms. The molecule has 0 fully saturated rings. The summed E-state index contributed by atoms with van der Waals surface area (Å²) in [6.07, 6.45) is 5.57. The Hall–Kier alpha value is -1.48. The van der Waals surface area contributed by atoms with Gasteiger partial charge in [0.05, 0.1) is 0 Å². The summed E-state index contributed by atoms with van der Waals surface area (Å²) >= 11 is 1.96. The van der Waals surface area contributed by atoms with Gasteiger partial charge in [-0.25, -0.2) is 0 Å². The van der Waals surface area contributed by atoms with E-state index in [0.717, 1.165) is 11.3 Å². The lowest BCUT2D eigenvalue weighted by molar-refractivity contribution is 0.673. The number of benzene rings is 1. The topological polar surface area (TPSA) is 22.0 Å². The highest BCUT2D eigenvalue weighted by Crippen LogP contribution is 2.40. The van der Waals surface area contributed by atoms with Gasteiger partial charge >= 0.3 is 0 Å². The van der Waals surface area contributed by atoms with Crippen LogP contribution in [0.25, 0.3) is 0 Å². The standard InChI is InChI=1S/C17H19NOS/c1-18-10-9-13(11-17(18)19)12-20-16-8-4-6-14-5-2-3-7-15(14)16/h2-3,5,7,9-11,16H,4,6,8,12H2,1H3/t16-/m1/s1. The van der Waals surface area contributed by atoms with Gasteiger partial charge in [-0.3, -0.25) is 4.79 Å². The summed E-state index contributed by atoms with van der Waals surface area (Å²) in [5.41, 5.74) is 4.20. The number of aromatic nitrogens is 1. The predicted octanol–water partition coefficient (Wildman–Crippen LogP) is 3.70. The molecule has 1 heterocycles. The fourth-order valence-electron chi connectivity index (χ4n) is 2.76. The summed E-state index contributed by atoms with van der Waals surface area (Å²) in [7, 11) is 1.79. The van der Waals surface area contributed by atoms with Gasteiger partial charge in [0, 0.05) is 30.3 Å². The second kappa shape index (κ2) is 5.88. The SMILES string of the molecule is Cn1ccc(CS[C@@H]2CCCc3ccccc32)cc1=O. The van der Waals surface area contributed by atoms with E-state index in [-0.39, 0.29) is 5.56 Å². The first-order valence-electron chi connectivity index (χ1n) is 7.09. The number of rotatable bonds is 3. The van der Waals surface area contributed by atoms with Crippen molar-refractivity contribution in [1.29, 1.82) is 0 Å². The molecule has 0 unspecified atom stereocenters. The normalized spacial score (nSPS) is 17.8. The van der Waals surface area contributed by atoms with Crippen LogP contribution in [0, 0.1) is 0 Å². The van der Waals surface area contributed by atoms with Gasteiger partial charge in [0.15, 0.2) is 0 Å². The van der Waals surface area contributed by atoms with E-state index in [4.69, 9.17) is 0 Å². The predicted molar refractivity (Wildman–Crippen MR) is 85.1 cm³/mol. The van der Waals surface area contributed by atoms with Gasteiger partial charge in [-0.05, 0) is 42.0 Å². The van der Waals surface area contributed by atoms with Gasteiger partial charge in [-0.15, -0.1) is 11.8 Å². The Bertz CT molecular complexity index is 662. The minimum Gasteiger partial charge on any atom is -0.319 e. The molecule has 0 amide bonds. The van der Waals surface area contributed by atoms with Crippen molar-refractivity contribution in [2.24, 2.45) is 7.05 Å². The molecule has 3 heteroatoms. The van der Waals surface area contributed by atoms with Crippen LogP contribution in [0.1, 0.15) is 34.8 Å². The quantitative estimate of drug-likeness (QED) is 0.858. The van der Waals surface area contributed by atoms with E-state index < -0.39 is 0 Å². The van der Waals surface area contributed by atoms with E-state index in [9.17, 15) is 4.79 Å².